The summed E-state index contributed by atoms with van der Waals surface area (Å²) >= 11 is 0. The maximum Gasteiger partial charge on any atom is 0.408 e. The van der Waals surface area contributed by atoms with Crippen LogP contribution in [0.25, 0.3) is 0 Å². The molecule has 0 radical (unpaired) electrons. The van der Waals surface area contributed by atoms with Crippen molar-refractivity contribution in [3.8, 4) is 0 Å². The Morgan fingerprint density at radius 2 is 1.92 bits per heavy atom. The van der Waals surface area contributed by atoms with E-state index in [1.165, 1.54) is 14.0 Å². The summed E-state index contributed by atoms with van der Waals surface area (Å²) in [6, 6.07) is -0.835. The molecule has 8 nitrogen and oxygen atoms in total. The number of methoxy groups -OCH3 is 1. The van der Waals surface area contributed by atoms with Crippen LogP contribution in [0.4, 0.5) is 4.79 Å². The molecular formula is C16H30N2O6. The van der Waals surface area contributed by atoms with Gasteiger partial charge in [0.25, 0.3) is 0 Å². The number of carbonyl (C=O) groups excluding carboxylic acids is 2. The zero-order valence-corrected chi connectivity index (χ0v) is 15.2. The number of piperidine rings is 1. The van der Waals surface area contributed by atoms with E-state index in [1.807, 2.05) is 0 Å². The molecule has 0 spiro atoms. The molecule has 1 fully saturated rings. The molecule has 0 bridgehead atoms. The minimum absolute atomic E-state index is 0.0245. The molecule has 0 aromatic heterocycles. The highest BCUT2D eigenvalue weighted by Crippen LogP contribution is 2.25. The Kier molecular flexibility index (Phi) is 7.00. The van der Waals surface area contributed by atoms with E-state index in [0.29, 0.717) is 19.5 Å². The first-order valence-electron chi connectivity index (χ1n) is 8.19. The van der Waals surface area contributed by atoms with Gasteiger partial charge in [0.2, 0.25) is 5.91 Å². The molecule has 3 N–H and O–H groups in total. The molecular weight excluding hydrogens is 316 g/mol. The van der Waals surface area contributed by atoms with Gasteiger partial charge in [0.1, 0.15) is 11.6 Å². The molecule has 1 amide bonds. The van der Waals surface area contributed by atoms with Crippen LogP contribution in [0.1, 0.15) is 47.0 Å². The average molecular weight is 346 g/mol. The molecule has 1 heterocycles. The van der Waals surface area contributed by atoms with Crippen LogP contribution in [-0.4, -0.2) is 64.9 Å². The number of alkyl carbamates (subject to hydrolysis) is 1. The number of carbonyl (C=O) groups is 2. The number of aliphatic hydroxyl groups is 2. The first kappa shape index (κ1) is 20.7. The predicted octanol–water partition coefficient (Wildman–Crippen LogP) is 0.813. The summed E-state index contributed by atoms with van der Waals surface area (Å²) in [5.74, 6) is -2.41. The topological polar surface area (TPSA) is 108 Å². The van der Waals surface area contributed by atoms with Crippen molar-refractivity contribution in [2.24, 2.45) is 5.92 Å². The molecule has 0 aromatic rings. The number of hydrogen-bond donors (Lipinski definition) is 3. The molecule has 0 saturated carbocycles. The third-order valence-electron chi connectivity index (χ3n) is 3.86. The van der Waals surface area contributed by atoms with Crippen molar-refractivity contribution in [1.29, 1.82) is 0 Å². The van der Waals surface area contributed by atoms with Crippen molar-refractivity contribution in [3.05, 3.63) is 0 Å². The lowest BCUT2D eigenvalue weighted by Gasteiger charge is -2.39. The summed E-state index contributed by atoms with van der Waals surface area (Å²) in [4.78, 5) is 25.4. The highest BCUT2D eigenvalue weighted by molar-refractivity contribution is 5.81. The van der Waals surface area contributed by atoms with Crippen molar-refractivity contribution in [2.45, 2.75) is 64.5 Å². The number of ether oxygens (including phenoxy) is 2. The van der Waals surface area contributed by atoms with E-state index < -0.39 is 29.6 Å². The van der Waals surface area contributed by atoms with Gasteiger partial charge in [0.15, 0.2) is 0 Å². The minimum Gasteiger partial charge on any atom is -0.467 e. The summed E-state index contributed by atoms with van der Waals surface area (Å²) in [5, 5.41) is 22.0. The molecule has 8 heteroatoms. The summed E-state index contributed by atoms with van der Waals surface area (Å²) in [7, 11) is 1.26. The van der Waals surface area contributed by atoms with Crippen LogP contribution >= 0.6 is 0 Å². The van der Waals surface area contributed by atoms with Gasteiger partial charge in [-0.2, -0.15) is 0 Å². The van der Waals surface area contributed by atoms with E-state index >= 15 is 0 Å². The van der Waals surface area contributed by atoms with Gasteiger partial charge >= 0.3 is 12.1 Å². The molecule has 1 aliphatic heterocycles. The Bertz CT molecular complexity index is 441. The Hall–Kier alpha value is -1.38. The standard InChI is InChI=1S/C16H30N2O6/c1-15(2,3)24-14(20)17-12(13(19)23-5)9-11-7-6-8-18(10-11)16(4,21)22/h11-12,21-22H,6-10H2,1-5H3,(H,17,20). The predicted molar refractivity (Wildman–Crippen MR) is 86.9 cm³/mol. The van der Waals surface area contributed by atoms with E-state index in [2.05, 4.69) is 5.32 Å². The fraction of sp³-hybridized carbons (Fsp3) is 0.875. The van der Waals surface area contributed by atoms with Gasteiger partial charge < -0.3 is 25.0 Å². The van der Waals surface area contributed by atoms with Gasteiger partial charge in [-0.1, -0.05) is 0 Å². The van der Waals surface area contributed by atoms with Crippen molar-refractivity contribution < 1.29 is 29.3 Å². The molecule has 2 atom stereocenters. The van der Waals surface area contributed by atoms with Crippen LogP contribution in [0.2, 0.25) is 0 Å². The highest BCUT2D eigenvalue weighted by Gasteiger charge is 2.34. The van der Waals surface area contributed by atoms with E-state index in [4.69, 9.17) is 9.47 Å². The summed E-state index contributed by atoms with van der Waals surface area (Å²) < 4.78 is 9.94. The smallest absolute Gasteiger partial charge is 0.408 e. The third-order valence-corrected chi connectivity index (χ3v) is 3.86. The second-order valence-corrected chi connectivity index (χ2v) is 7.38. The second kappa shape index (κ2) is 8.13. The zero-order valence-electron chi connectivity index (χ0n) is 15.2. The van der Waals surface area contributed by atoms with E-state index in [-0.39, 0.29) is 5.92 Å². The van der Waals surface area contributed by atoms with Gasteiger partial charge in [-0.25, -0.2) is 9.59 Å². The van der Waals surface area contributed by atoms with Crippen LogP contribution in [-0.2, 0) is 14.3 Å². The van der Waals surface area contributed by atoms with Crippen molar-refractivity contribution >= 4 is 12.1 Å². The Morgan fingerprint density at radius 3 is 2.42 bits per heavy atom. The lowest BCUT2D eigenvalue weighted by molar-refractivity contribution is -0.258. The van der Waals surface area contributed by atoms with E-state index in [0.717, 1.165) is 12.8 Å². The van der Waals surface area contributed by atoms with Crippen LogP contribution in [0.3, 0.4) is 0 Å². The summed E-state index contributed by atoms with van der Waals surface area (Å²) in [5.41, 5.74) is -0.665. The molecule has 1 aliphatic rings. The normalized spacial score (nSPS) is 21.0. The number of rotatable bonds is 5. The molecule has 0 aromatic carbocycles. The number of esters is 1. The number of nitrogens with one attached hydrogen (secondary N) is 1. The van der Waals surface area contributed by atoms with Crippen LogP contribution in [0.15, 0.2) is 0 Å². The van der Waals surface area contributed by atoms with Crippen LogP contribution in [0, 0.1) is 5.92 Å². The Labute approximate surface area is 143 Å². The SMILES string of the molecule is COC(=O)C(CC1CCCN(C(C)(O)O)C1)NC(=O)OC(C)(C)C. The molecule has 24 heavy (non-hydrogen) atoms. The zero-order chi connectivity index (χ0) is 18.5. The first-order valence-corrected chi connectivity index (χ1v) is 8.19. The number of amides is 1. The van der Waals surface area contributed by atoms with Gasteiger partial charge in [0.05, 0.1) is 7.11 Å². The van der Waals surface area contributed by atoms with Crippen LogP contribution in [0.5, 0.6) is 0 Å². The fourth-order valence-electron chi connectivity index (χ4n) is 2.78. The quantitative estimate of drug-likeness (QED) is 0.499. The third kappa shape index (κ3) is 7.02. The first-order chi connectivity index (χ1) is 10.9. The lowest BCUT2D eigenvalue weighted by atomic mass is 9.91. The van der Waals surface area contributed by atoms with Gasteiger partial charge in [0, 0.05) is 20.0 Å². The maximum absolute atomic E-state index is 12.0. The lowest BCUT2D eigenvalue weighted by Crippen LogP contribution is -2.52. The van der Waals surface area contributed by atoms with Crippen LogP contribution < -0.4 is 5.32 Å². The van der Waals surface area contributed by atoms with Gasteiger partial charge in [-0.15, -0.1) is 0 Å². The molecule has 140 valence electrons. The molecule has 1 rings (SSSR count). The maximum atomic E-state index is 12.0. The molecule has 2 unspecified atom stereocenters. The number of likely N-dealkylation sites (tertiary alicyclic amines) is 1. The van der Waals surface area contributed by atoms with E-state index in [9.17, 15) is 19.8 Å². The van der Waals surface area contributed by atoms with Gasteiger partial charge in [-0.05, 0) is 46.0 Å². The second-order valence-electron chi connectivity index (χ2n) is 7.38. The van der Waals surface area contributed by atoms with Crippen molar-refractivity contribution in [3.63, 3.8) is 0 Å². The minimum atomic E-state index is -1.89. The number of hydrogen-bond acceptors (Lipinski definition) is 7. The summed E-state index contributed by atoms with van der Waals surface area (Å²) in [6.45, 7) is 7.52. The highest BCUT2D eigenvalue weighted by atomic mass is 16.6. The monoisotopic (exact) mass is 346 g/mol. The number of nitrogens with zero attached hydrogens (tertiary/aromatic N) is 1. The summed E-state index contributed by atoms with van der Waals surface area (Å²) in [6.07, 6.45) is 1.27. The van der Waals surface area contributed by atoms with Gasteiger partial charge in [-0.3, -0.25) is 4.90 Å². The Morgan fingerprint density at radius 1 is 1.29 bits per heavy atom. The van der Waals surface area contributed by atoms with Crippen molar-refractivity contribution in [2.75, 3.05) is 20.2 Å². The van der Waals surface area contributed by atoms with Crippen molar-refractivity contribution in [1.82, 2.24) is 10.2 Å². The molecule has 0 aliphatic carbocycles. The van der Waals surface area contributed by atoms with E-state index in [1.54, 1.807) is 25.7 Å². The molecule has 1 saturated heterocycles. The average Bonchev–Trinajstić information content (AvgIpc) is 2.43. The largest absolute Gasteiger partial charge is 0.467 e. The fourth-order valence-corrected chi connectivity index (χ4v) is 2.78. The Balaban J connectivity index is 2.69.